The number of aliphatic imine (C=N–C) groups is 1. The number of amidine groups is 2. The summed E-state index contributed by atoms with van der Waals surface area (Å²) in [4.78, 5) is 53.5. The Morgan fingerprint density at radius 3 is 2.16 bits per heavy atom. The fourth-order valence-corrected chi connectivity index (χ4v) is 3.41. The lowest BCUT2D eigenvalue weighted by Gasteiger charge is -2.30. The minimum atomic E-state index is -1.18. The molecular formula is C24H40N6O8. The summed E-state index contributed by atoms with van der Waals surface area (Å²) in [7, 11) is 0. The van der Waals surface area contributed by atoms with E-state index in [1.54, 1.807) is 34.6 Å². The van der Waals surface area contributed by atoms with E-state index < -0.39 is 58.5 Å². The van der Waals surface area contributed by atoms with Crippen LogP contribution in [0.25, 0.3) is 0 Å². The molecule has 0 saturated carbocycles. The lowest BCUT2D eigenvalue weighted by molar-refractivity contribution is -0.149. The molecule has 1 rings (SSSR count). The molecule has 0 fully saturated rings. The highest BCUT2D eigenvalue weighted by atomic mass is 16.6. The van der Waals surface area contributed by atoms with Gasteiger partial charge < -0.3 is 36.1 Å². The molecule has 1 atom stereocenters. The molecule has 214 valence electrons. The van der Waals surface area contributed by atoms with E-state index in [9.17, 15) is 24.3 Å². The monoisotopic (exact) mass is 540 g/mol. The molecule has 0 aromatic carbocycles. The predicted octanol–water partition coefficient (Wildman–Crippen LogP) is 0.533. The van der Waals surface area contributed by atoms with Gasteiger partial charge in [-0.3, -0.25) is 15.3 Å². The van der Waals surface area contributed by atoms with Crippen molar-refractivity contribution in [1.82, 2.24) is 10.2 Å². The molecule has 14 heteroatoms. The Bertz CT molecular complexity index is 996. The van der Waals surface area contributed by atoms with Crippen LogP contribution in [0.2, 0.25) is 0 Å². The van der Waals surface area contributed by atoms with Crippen molar-refractivity contribution < 1.29 is 38.5 Å². The van der Waals surface area contributed by atoms with Gasteiger partial charge >= 0.3 is 24.0 Å². The average Bonchev–Trinajstić information content (AvgIpc) is 3.15. The number of hydrogen-bond donors (Lipinski definition) is 5. The second-order valence-corrected chi connectivity index (χ2v) is 11.2. The summed E-state index contributed by atoms with van der Waals surface area (Å²) in [5.74, 6) is -4.22. The smallest absolute Gasteiger partial charge is 0.408 e. The van der Waals surface area contributed by atoms with E-state index >= 15 is 0 Å². The number of carboxylic acids is 1. The minimum Gasteiger partial charge on any atom is -0.480 e. The van der Waals surface area contributed by atoms with Crippen LogP contribution in [-0.4, -0.2) is 94.7 Å². The lowest BCUT2D eigenvalue weighted by atomic mass is 10.1. The van der Waals surface area contributed by atoms with Gasteiger partial charge in [-0.15, -0.1) is 0 Å². The van der Waals surface area contributed by atoms with Crippen molar-refractivity contribution in [2.24, 2.45) is 16.5 Å². The standard InChI is InChI=1S/C24H40N6O8/c1-22(2,3)38-21(35)29-15(18(31)32)10-14-8-9-30(11-14)13-24(6,7)37-20(34)17(27)28-12-23(4,5)36-19(33)16(25)26/h8,15H,9-13H2,1-7H3,(H3,25,26)(H2,27,28)(H,29,35)(H,31,32). The van der Waals surface area contributed by atoms with Gasteiger partial charge in [0.1, 0.15) is 22.8 Å². The maximum Gasteiger partial charge on any atom is 0.408 e. The zero-order valence-electron chi connectivity index (χ0n) is 23.0. The van der Waals surface area contributed by atoms with Crippen LogP contribution >= 0.6 is 0 Å². The number of esters is 2. The second kappa shape index (κ2) is 12.7. The molecule has 7 N–H and O–H groups in total. The molecule has 1 unspecified atom stereocenters. The molecule has 1 aliphatic heterocycles. The molecule has 14 nitrogen and oxygen atoms in total. The van der Waals surface area contributed by atoms with E-state index in [0.29, 0.717) is 19.6 Å². The van der Waals surface area contributed by atoms with E-state index in [2.05, 4.69) is 10.3 Å². The number of alkyl carbamates (subject to hydrolysis) is 1. The van der Waals surface area contributed by atoms with Crippen LogP contribution in [0.15, 0.2) is 16.6 Å². The van der Waals surface area contributed by atoms with Gasteiger partial charge in [-0.1, -0.05) is 11.6 Å². The third-order valence-corrected chi connectivity index (χ3v) is 4.92. The van der Waals surface area contributed by atoms with Crippen LogP contribution in [0, 0.1) is 5.41 Å². The molecule has 0 aliphatic carbocycles. The van der Waals surface area contributed by atoms with E-state index in [1.807, 2.05) is 11.0 Å². The Hall–Kier alpha value is -3.68. The second-order valence-electron chi connectivity index (χ2n) is 11.2. The SMILES string of the molecule is CC(C)(C)OC(=O)NC(CC1=CCN(CC(C)(C)OC(=O)C(N)=NCC(C)(C)OC(=O)C(=N)N)C1)C(=O)O. The topological polar surface area (TPSA) is 220 Å². The zero-order valence-corrected chi connectivity index (χ0v) is 23.0. The van der Waals surface area contributed by atoms with Crippen molar-refractivity contribution in [2.45, 2.75) is 77.7 Å². The molecule has 0 saturated heterocycles. The summed E-state index contributed by atoms with van der Waals surface area (Å²) in [5, 5.41) is 19.0. The van der Waals surface area contributed by atoms with Gasteiger partial charge in [-0.2, -0.15) is 0 Å². The normalized spacial score (nSPS) is 15.8. The molecule has 0 spiro atoms. The van der Waals surface area contributed by atoms with Crippen molar-refractivity contribution in [3.8, 4) is 0 Å². The van der Waals surface area contributed by atoms with E-state index in [4.69, 9.17) is 31.1 Å². The maximum absolute atomic E-state index is 12.5. The number of amides is 1. The van der Waals surface area contributed by atoms with Gasteiger partial charge in [0.2, 0.25) is 11.7 Å². The van der Waals surface area contributed by atoms with Crippen molar-refractivity contribution in [3.05, 3.63) is 11.6 Å². The Labute approximate surface area is 222 Å². The first-order valence-corrected chi connectivity index (χ1v) is 11.9. The number of rotatable bonds is 10. The number of ether oxygens (including phenoxy) is 3. The fourth-order valence-electron chi connectivity index (χ4n) is 3.41. The summed E-state index contributed by atoms with van der Waals surface area (Å²) >= 11 is 0. The first-order valence-electron chi connectivity index (χ1n) is 11.9. The first-order chi connectivity index (χ1) is 17.2. The number of carbonyl (C=O) groups excluding carboxylic acids is 3. The van der Waals surface area contributed by atoms with Gasteiger partial charge in [0.05, 0.1) is 6.54 Å². The average molecular weight is 541 g/mol. The molecule has 0 bridgehead atoms. The molecule has 0 aromatic heterocycles. The Balaban J connectivity index is 2.64. The van der Waals surface area contributed by atoms with Gasteiger partial charge in [0.25, 0.3) is 0 Å². The molecule has 1 heterocycles. The minimum absolute atomic E-state index is 0.0921. The van der Waals surface area contributed by atoms with Crippen molar-refractivity contribution in [1.29, 1.82) is 5.41 Å². The number of nitrogens with one attached hydrogen (secondary N) is 2. The van der Waals surface area contributed by atoms with E-state index in [-0.39, 0.29) is 13.0 Å². The van der Waals surface area contributed by atoms with Gasteiger partial charge in [0.15, 0.2) is 0 Å². The first kappa shape index (κ1) is 32.3. The molecule has 1 amide bonds. The van der Waals surface area contributed by atoms with Gasteiger partial charge in [0, 0.05) is 26.1 Å². The number of carbonyl (C=O) groups is 4. The molecular weight excluding hydrogens is 500 g/mol. The highest BCUT2D eigenvalue weighted by molar-refractivity contribution is 6.35. The van der Waals surface area contributed by atoms with Crippen LogP contribution in [-0.2, 0) is 28.6 Å². The third-order valence-electron chi connectivity index (χ3n) is 4.92. The summed E-state index contributed by atoms with van der Waals surface area (Å²) in [6.45, 7) is 12.5. The number of hydrogen-bond acceptors (Lipinski definition) is 10. The van der Waals surface area contributed by atoms with Gasteiger partial charge in [-0.25, -0.2) is 19.2 Å². The van der Waals surface area contributed by atoms with Crippen LogP contribution in [0.5, 0.6) is 0 Å². The highest BCUT2D eigenvalue weighted by Crippen LogP contribution is 2.20. The van der Waals surface area contributed by atoms with Crippen molar-refractivity contribution >= 4 is 35.7 Å². The van der Waals surface area contributed by atoms with E-state index in [0.717, 1.165) is 5.57 Å². The fraction of sp³-hybridized carbons (Fsp3) is 0.667. The Morgan fingerprint density at radius 2 is 1.63 bits per heavy atom. The van der Waals surface area contributed by atoms with Crippen LogP contribution in [0.1, 0.15) is 54.9 Å². The van der Waals surface area contributed by atoms with Gasteiger partial charge in [-0.05, 0) is 48.5 Å². The quantitative estimate of drug-likeness (QED) is 0.0845. The number of nitrogens with two attached hydrogens (primary N) is 2. The van der Waals surface area contributed by atoms with Crippen LogP contribution in [0.4, 0.5) is 4.79 Å². The largest absolute Gasteiger partial charge is 0.480 e. The molecule has 38 heavy (non-hydrogen) atoms. The summed E-state index contributed by atoms with van der Waals surface area (Å²) < 4.78 is 15.7. The highest BCUT2D eigenvalue weighted by Gasteiger charge is 2.32. The van der Waals surface area contributed by atoms with Crippen LogP contribution in [0.3, 0.4) is 0 Å². The number of aliphatic carboxylic acids is 1. The lowest BCUT2D eigenvalue weighted by Crippen LogP contribution is -2.45. The van der Waals surface area contributed by atoms with Crippen molar-refractivity contribution in [3.63, 3.8) is 0 Å². The Kier molecular flexibility index (Phi) is 10.8. The van der Waals surface area contributed by atoms with Crippen LogP contribution < -0.4 is 16.8 Å². The summed E-state index contributed by atoms with van der Waals surface area (Å²) in [6, 6.07) is -1.16. The number of carboxylic acid groups (broad SMARTS) is 1. The molecule has 0 radical (unpaired) electrons. The molecule has 1 aliphatic rings. The predicted molar refractivity (Wildman–Crippen MR) is 139 cm³/mol. The maximum atomic E-state index is 12.5. The van der Waals surface area contributed by atoms with Crippen molar-refractivity contribution in [2.75, 3.05) is 26.2 Å². The third kappa shape index (κ3) is 12.0. The Morgan fingerprint density at radius 1 is 1.05 bits per heavy atom. The van der Waals surface area contributed by atoms with E-state index in [1.165, 1.54) is 13.8 Å². The summed E-state index contributed by atoms with van der Waals surface area (Å²) in [6.07, 6.45) is 1.15. The number of nitrogens with zero attached hydrogens (tertiary/aromatic N) is 2. The summed E-state index contributed by atoms with van der Waals surface area (Å²) in [5.41, 5.74) is 8.76. The zero-order chi connectivity index (χ0) is 29.5. The molecule has 0 aromatic rings.